The number of hydrogen-bond donors (Lipinski definition) is 2. The van der Waals surface area contributed by atoms with Gasteiger partial charge in [-0.05, 0) is 25.1 Å². The summed E-state index contributed by atoms with van der Waals surface area (Å²) in [5, 5.41) is 0. The Morgan fingerprint density at radius 3 is 2.87 bits per heavy atom. The van der Waals surface area contributed by atoms with E-state index in [0.29, 0.717) is 6.54 Å². The zero-order chi connectivity index (χ0) is 11.0. The number of rotatable bonds is 1. The quantitative estimate of drug-likeness (QED) is 0.669. The van der Waals surface area contributed by atoms with Crippen LogP contribution in [-0.2, 0) is 0 Å². The van der Waals surface area contributed by atoms with Crippen molar-refractivity contribution in [3.05, 3.63) is 18.2 Å². The van der Waals surface area contributed by atoms with Gasteiger partial charge in [0.25, 0.3) is 0 Å². The van der Waals surface area contributed by atoms with Crippen LogP contribution in [-0.4, -0.2) is 25.7 Å². The second kappa shape index (κ2) is 3.62. The van der Waals surface area contributed by atoms with Crippen molar-refractivity contribution in [1.29, 1.82) is 0 Å². The summed E-state index contributed by atoms with van der Waals surface area (Å²) in [6, 6.07) is 5.94. The second-order valence-corrected chi connectivity index (χ2v) is 3.97. The highest BCUT2D eigenvalue weighted by Gasteiger charge is 2.29. The van der Waals surface area contributed by atoms with Crippen LogP contribution in [0.4, 0.5) is 11.4 Å². The van der Waals surface area contributed by atoms with Gasteiger partial charge < -0.3 is 21.1 Å². The molecule has 82 valence electrons. The summed E-state index contributed by atoms with van der Waals surface area (Å²) in [5.41, 5.74) is 13.2. The highest BCUT2D eigenvalue weighted by Crippen LogP contribution is 2.36. The molecule has 0 spiro atoms. The molecule has 2 atom stereocenters. The van der Waals surface area contributed by atoms with Crippen LogP contribution < -0.4 is 21.1 Å². The fourth-order valence-corrected chi connectivity index (χ4v) is 1.89. The molecule has 0 aromatic heterocycles. The van der Waals surface area contributed by atoms with Crippen molar-refractivity contribution in [3.8, 4) is 5.75 Å². The van der Waals surface area contributed by atoms with Crippen molar-refractivity contribution in [3.63, 3.8) is 0 Å². The molecule has 0 saturated carbocycles. The molecule has 0 aliphatic carbocycles. The molecular weight excluding hydrogens is 190 g/mol. The molecule has 0 saturated heterocycles. The summed E-state index contributed by atoms with van der Waals surface area (Å²) in [7, 11) is 2.04. The number of fused-ring (bicyclic) bond motifs is 1. The van der Waals surface area contributed by atoms with Crippen LogP contribution >= 0.6 is 0 Å². The van der Waals surface area contributed by atoms with Gasteiger partial charge in [-0.3, -0.25) is 0 Å². The van der Waals surface area contributed by atoms with Crippen molar-refractivity contribution in [2.45, 2.75) is 19.1 Å². The molecule has 0 amide bonds. The van der Waals surface area contributed by atoms with Crippen molar-refractivity contribution in [2.24, 2.45) is 5.73 Å². The lowest BCUT2D eigenvalue weighted by molar-refractivity contribution is 0.168. The van der Waals surface area contributed by atoms with Gasteiger partial charge >= 0.3 is 0 Å². The van der Waals surface area contributed by atoms with Crippen molar-refractivity contribution in [1.82, 2.24) is 0 Å². The van der Waals surface area contributed by atoms with Gasteiger partial charge in [0.05, 0.1) is 11.7 Å². The van der Waals surface area contributed by atoms with Crippen LogP contribution in [0.2, 0.25) is 0 Å². The predicted molar refractivity (Wildman–Crippen MR) is 62.2 cm³/mol. The molecule has 1 aromatic carbocycles. The molecule has 2 unspecified atom stereocenters. The van der Waals surface area contributed by atoms with Crippen LogP contribution in [0.3, 0.4) is 0 Å². The molecule has 1 aliphatic rings. The standard InChI is InChI=1S/C11H17N3O/c1-7-11(6-12)15-10-4-3-8(13)5-9(10)14(7)2/h3-5,7,11H,6,12-13H2,1-2H3. The van der Waals surface area contributed by atoms with Crippen molar-refractivity contribution in [2.75, 3.05) is 24.2 Å². The predicted octanol–water partition coefficient (Wildman–Crippen LogP) is 0.813. The molecule has 2 rings (SSSR count). The Balaban J connectivity index is 2.40. The lowest BCUT2D eigenvalue weighted by Crippen LogP contribution is -2.49. The Hall–Kier alpha value is -1.42. The molecule has 1 heterocycles. The average molecular weight is 207 g/mol. The number of nitrogens with two attached hydrogens (primary N) is 2. The lowest BCUT2D eigenvalue weighted by Gasteiger charge is -2.39. The van der Waals surface area contributed by atoms with Gasteiger partial charge in [-0.2, -0.15) is 0 Å². The third kappa shape index (κ3) is 1.61. The largest absolute Gasteiger partial charge is 0.485 e. The van der Waals surface area contributed by atoms with E-state index in [1.165, 1.54) is 0 Å². The number of hydrogen-bond acceptors (Lipinski definition) is 4. The third-order valence-electron chi connectivity index (χ3n) is 3.02. The highest BCUT2D eigenvalue weighted by atomic mass is 16.5. The topological polar surface area (TPSA) is 64.5 Å². The van der Waals surface area contributed by atoms with E-state index in [2.05, 4.69) is 11.8 Å². The Morgan fingerprint density at radius 2 is 2.20 bits per heavy atom. The molecule has 4 nitrogen and oxygen atoms in total. The number of nitrogen functional groups attached to an aromatic ring is 1. The van der Waals surface area contributed by atoms with Crippen LogP contribution in [0.5, 0.6) is 5.75 Å². The fourth-order valence-electron chi connectivity index (χ4n) is 1.89. The number of benzene rings is 1. The Labute approximate surface area is 89.8 Å². The smallest absolute Gasteiger partial charge is 0.143 e. The van der Waals surface area contributed by atoms with E-state index in [-0.39, 0.29) is 12.1 Å². The van der Waals surface area contributed by atoms with Gasteiger partial charge in [-0.25, -0.2) is 0 Å². The van der Waals surface area contributed by atoms with E-state index in [1.807, 2.05) is 25.2 Å². The van der Waals surface area contributed by atoms with Gasteiger partial charge in [-0.15, -0.1) is 0 Å². The molecule has 0 bridgehead atoms. The van der Waals surface area contributed by atoms with Crippen LogP contribution in [0, 0.1) is 0 Å². The van der Waals surface area contributed by atoms with E-state index < -0.39 is 0 Å². The first kappa shape index (κ1) is 10.1. The van der Waals surface area contributed by atoms with Crippen LogP contribution in [0.1, 0.15) is 6.92 Å². The normalized spacial score (nSPS) is 24.6. The maximum absolute atomic E-state index is 5.80. The summed E-state index contributed by atoms with van der Waals surface area (Å²) >= 11 is 0. The zero-order valence-corrected chi connectivity index (χ0v) is 9.10. The summed E-state index contributed by atoms with van der Waals surface area (Å²) in [6.45, 7) is 2.62. The molecule has 4 N–H and O–H groups in total. The minimum Gasteiger partial charge on any atom is -0.485 e. The zero-order valence-electron chi connectivity index (χ0n) is 9.10. The summed E-state index contributed by atoms with van der Waals surface area (Å²) in [6.07, 6.45) is 0.0473. The molecule has 4 heteroatoms. The van der Waals surface area contributed by atoms with Crippen LogP contribution in [0.15, 0.2) is 18.2 Å². The SMILES string of the molecule is CC1C(CN)Oc2ccc(N)cc2N1C. The molecule has 1 aromatic rings. The summed E-state index contributed by atoms with van der Waals surface area (Å²) in [5.74, 6) is 0.861. The number of ether oxygens (including phenoxy) is 1. The van der Waals surface area contributed by atoms with E-state index in [4.69, 9.17) is 16.2 Å². The maximum atomic E-state index is 5.80. The lowest BCUT2D eigenvalue weighted by atomic mass is 10.1. The summed E-state index contributed by atoms with van der Waals surface area (Å²) < 4.78 is 5.80. The van der Waals surface area contributed by atoms with E-state index >= 15 is 0 Å². The van der Waals surface area contributed by atoms with Crippen LogP contribution in [0.25, 0.3) is 0 Å². The van der Waals surface area contributed by atoms with Gasteiger partial charge in [-0.1, -0.05) is 0 Å². The monoisotopic (exact) mass is 207 g/mol. The van der Waals surface area contributed by atoms with E-state index in [0.717, 1.165) is 17.1 Å². The van der Waals surface area contributed by atoms with Crippen molar-refractivity contribution >= 4 is 11.4 Å². The minimum absolute atomic E-state index is 0.0473. The van der Waals surface area contributed by atoms with Gasteiger partial charge in [0.15, 0.2) is 0 Å². The average Bonchev–Trinajstić information content (AvgIpc) is 2.24. The molecule has 0 fully saturated rings. The number of anilines is 2. The minimum atomic E-state index is 0.0473. The summed E-state index contributed by atoms with van der Waals surface area (Å²) in [4.78, 5) is 2.16. The highest BCUT2D eigenvalue weighted by molar-refractivity contribution is 5.66. The number of nitrogens with zero attached hydrogens (tertiary/aromatic N) is 1. The van der Waals surface area contributed by atoms with Gasteiger partial charge in [0.2, 0.25) is 0 Å². The van der Waals surface area contributed by atoms with E-state index in [1.54, 1.807) is 0 Å². The third-order valence-corrected chi connectivity index (χ3v) is 3.02. The fraction of sp³-hybridized carbons (Fsp3) is 0.455. The first-order valence-electron chi connectivity index (χ1n) is 5.12. The molecule has 15 heavy (non-hydrogen) atoms. The molecule has 1 aliphatic heterocycles. The van der Waals surface area contributed by atoms with Gasteiger partial charge in [0, 0.05) is 19.3 Å². The Morgan fingerprint density at radius 1 is 1.47 bits per heavy atom. The van der Waals surface area contributed by atoms with Crippen molar-refractivity contribution < 1.29 is 4.74 Å². The molecular formula is C11H17N3O. The number of likely N-dealkylation sites (N-methyl/N-ethyl adjacent to an activating group) is 1. The molecule has 0 radical (unpaired) electrons. The van der Waals surface area contributed by atoms with Gasteiger partial charge in [0.1, 0.15) is 11.9 Å². The second-order valence-electron chi connectivity index (χ2n) is 3.97. The first-order chi connectivity index (χ1) is 7.13. The Kier molecular flexibility index (Phi) is 2.44. The van der Waals surface area contributed by atoms with E-state index in [9.17, 15) is 0 Å². The first-order valence-corrected chi connectivity index (χ1v) is 5.12. The Bertz CT molecular complexity index is 367. The maximum Gasteiger partial charge on any atom is 0.143 e.